The largest absolute Gasteiger partial charge is 0.456 e. The van der Waals surface area contributed by atoms with Gasteiger partial charge < -0.3 is 13.3 Å². The maximum atomic E-state index is 6.26. The average molecular weight is 656 g/mol. The van der Waals surface area contributed by atoms with Crippen LogP contribution in [0, 0.1) is 0 Å². The van der Waals surface area contributed by atoms with E-state index < -0.39 is 0 Å². The molecule has 0 spiro atoms. The van der Waals surface area contributed by atoms with Crippen molar-refractivity contribution in [3.8, 4) is 45.3 Å². The Bertz CT molecular complexity index is 3020. The van der Waals surface area contributed by atoms with Crippen LogP contribution in [0.15, 0.2) is 165 Å². The van der Waals surface area contributed by atoms with Crippen molar-refractivity contribution in [2.24, 2.45) is 0 Å². The Kier molecular flexibility index (Phi) is 5.86. The summed E-state index contributed by atoms with van der Waals surface area (Å²) >= 11 is 0. The van der Waals surface area contributed by atoms with Crippen LogP contribution in [0.2, 0.25) is 0 Å². The number of hydrogen-bond donors (Lipinski definition) is 0. The quantitative estimate of drug-likeness (QED) is 0.188. The second-order valence-corrected chi connectivity index (χ2v) is 12.7. The van der Waals surface area contributed by atoms with Crippen molar-refractivity contribution in [1.82, 2.24) is 15.0 Å². The monoisotopic (exact) mass is 655 g/mol. The molecule has 238 valence electrons. The highest BCUT2D eigenvalue weighted by Crippen LogP contribution is 2.40. The summed E-state index contributed by atoms with van der Waals surface area (Å²) in [6.45, 7) is 0. The fourth-order valence-corrected chi connectivity index (χ4v) is 7.48. The molecule has 4 heterocycles. The van der Waals surface area contributed by atoms with Gasteiger partial charge in [-0.05, 0) is 47.5 Å². The molecule has 4 aromatic heterocycles. The number of aromatic nitrogens is 3. The van der Waals surface area contributed by atoms with Crippen molar-refractivity contribution in [1.29, 1.82) is 0 Å². The average Bonchev–Trinajstić information content (AvgIpc) is 3.89. The van der Waals surface area contributed by atoms with Crippen LogP contribution < -0.4 is 0 Å². The first-order chi connectivity index (χ1) is 25.3. The molecule has 6 nitrogen and oxygen atoms in total. The molecule has 11 rings (SSSR count). The summed E-state index contributed by atoms with van der Waals surface area (Å²) in [7, 11) is 0. The van der Waals surface area contributed by atoms with Crippen molar-refractivity contribution >= 4 is 65.8 Å². The Labute approximate surface area is 290 Å². The summed E-state index contributed by atoms with van der Waals surface area (Å²) in [5.41, 5.74) is 9.77. The fraction of sp³-hybridized carbons (Fsp3) is 0. The van der Waals surface area contributed by atoms with Gasteiger partial charge in [0.05, 0.1) is 0 Å². The molecule has 0 aliphatic rings. The Hall–Kier alpha value is -7.05. The first kappa shape index (κ1) is 27.9. The Morgan fingerprint density at radius 1 is 0.275 bits per heavy atom. The van der Waals surface area contributed by atoms with Crippen molar-refractivity contribution < 1.29 is 13.3 Å². The predicted octanol–water partition coefficient (Wildman–Crippen LogP) is 12.2. The first-order valence-corrected chi connectivity index (χ1v) is 16.9. The van der Waals surface area contributed by atoms with Gasteiger partial charge in [-0.3, -0.25) is 0 Å². The van der Waals surface area contributed by atoms with E-state index in [0.717, 1.165) is 93.6 Å². The maximum Gasteiger partial charge on any atom is 0.164 e. The van der Waals surface area contributed by atoms with Gasteiger partial charge in [-0.25, -0.2) is 15.0 Å². The third-order valence-corrected chi connectivity index (χ3v) is 9.78. The molecule has 0 saturated heterocycles. The van der Waals surface area contributed by atoms with Gasteiger partial charge in [-0.2, -0.15) is 0 Å². The third kappa shape index (κ3) is 4.26. The molecule has 51 heavy (non-hydrogen) atoms. The lowest BCUT2D eigenvalue weighted by Gasteiger charge is -2.11. The van der Waals surface area contributed by atoms with Crippen LogP contribution in [0.3, 0.4) is 0 Å². The molecular weight excluding hydrogens is 631 g/mol. The Morgan fingerprint density at radius 3 is 1.10 bits per heavy atom. The van der Waals surface area contributed by atoms with Gasteiger partial charge in [0.1, 0.15) is 33.5 Å². The lowest BCUT2D eigenvalue weighted by molar-refractivity contribution is 0.668. The molecule has 6 heteroatoms. The van der Waals surface area contributed by atoms with Gasteiger partial charge in [0.2, 0.25) is 0 Å². The standard InChI is InChI=1S/C45H25N3O3/c1-4-16-34-29(10-1)40-28(13-7-19-37(40)49-34)26-22-24-27(25-23-26)43-46-44(32-14-8-20-38-41(32)30-11-2-5-17-35(30)50-38)48-45(47-43)33-15-9-21-39-42(33)31-12-3-6-18-36(31)51-39/h1-25H. The van der Waals surface area contributed by atoms with Gasteiger partial charge >= 0.3 is 0 Å². The molecule has 0 radical (unpaired) electrons. The third-order valence-electron chi connectivity index (χ3n) is 9.78. The summed E-state index contributed by atoms with van der Waals surface area (Å²) in [6, 6.07) is 51.0. The van der Waals surface area contributed by atoms with Crippen molar-refractivity contribution in [2.75, 3.05) is 0 Å². The minimum atomic E-state index is 0.565. The Morgan fingerprint density at radius 2 is 0.627 bits per heavy atom. The zero-order valence-electron chi connectivity index (χ0n) is 27.0. The topological polar surface area (TPSA) is 78.1 Å². The highest BCUT2D eigenvalue weighted by molar-refractivity contribution is 6.14. The van der Waals surface area contributed by atoms with Crippen LogP contribution in [0.4, 0.5) is 0 Å². The SMILES string of the molecule is c1ccc2c(c1)oc1cccc(-c3ccc(-c4nc(-c5cccc6oc7ccccc7c56)nc(-c5cccc6oc7ccccc7c56)n4)cc3)c12. The van der Waals surface area contributed by atoms with Crippen molar-refractivity contribution in [3.05, 3.63) is 152 Å². The van der Waals surface area contributed by atoms with Crippen LogP contribution in [-0.2, 0) is 0 Å². The van der Waals surface area contributed by atoms with Gasteiger partial charge in [0, 0.05) is 49.0 Å². The van der Waals surface area contributed by atoms with E-state index in [-0.39, 0.29) is 0 Å². The van der Waals surface area contributed by atoms with E-state index >= 15 is 0 Å². The molecule has 11 aromatic rings. The van der Waals surface area contributed by atoms with Crippen LogP contribution in [-0.4, -0.2) is 15.0 Å². The van der Waals surface area contributed by atoms with E-state index in [2.05, 4.69) is 60.7 Å². The molecule has 0 N–H and O–H groups in total. The van der Waals surface area contributed by atoms with Crippen LogP contribution in [0.5, 0.6) is 0 Å². The molecule has 0 amide bonds. The van der Waals surface area contributed by atoms with E-state index in [0.29, 0.717) is 17.5 Å². The Balaban J connectivity index is 1.13. The van der Waals surface area contributed by atoms with E-state index in [1.165, 1.54) is 0 Å². The van der Waals surface area contributed by atoms with E-state index in [9.17, 15) is 0 Å². The normalized spacial score (nSPS) is 11.9. The van der Waals surface area contributed by atoms with Gasteiger partial charge in [0.15, 0.2) is 17.5 Å². The molecular formula is C45H25N3O3. The second kappa shape index (κ2) is 10.7. The minimum absolute atomic E-state index is 0.565. The zero-order valence-corrected chi connectivity index (χ0v) is 27.0. The lowest BCUT2D eigenvalue weighted by Crippen LogP contribution is -2.00. The number of nitrogens with zero attached hydrogens (tertiary/aromatic N) is 3. The van der Waals surface area contributed by atoms with Crippen LogP contribution in [0.1, 0.15) is 0 Å². The summed E-state index contributed by atoms with van der Waals surface area (Å²) in [6.07, 6.45) is 0. The second-order valence-electron chi connectivity index (χ2n) is 12.7. The van der Waals surface area contributed by atoms with E-state index in [4.69, 9.17) is 28.2 Å². The molecule has 0 unspecified atom stereocenters. The van der Waals surface area contributed by atoms with Gasteiger partial charge in [-0.15, -0.1) is 0 Å². The molecule has 0 atom stereocenters. The van der Waals surface area contributed by atoms with Gasteiger partial charge in [-0.1, -0.05) is 115 Å². The molecule has 7 aromatic carbocycles. The highest BCUT2D eigenvalue weighted by Gasteiger charge is 2.20. The number of fused-ring (bicyclic) bond motifs is 9. The number of furan rings is 3. The maximum absolute atomic E-state index is 6.26. The van der Waals surface area contributed by atoms with Crippen LogP contribution >= 0.6 is 0 Å². The highest BCUT2D eigenvalue weighted by atomic mass is 16.3. The minimum Gasteiger partial charge on any atom is -0.456 e. The van der Waals surface area contributed by atoms with Crippen molar-refractivity contribution in [2.45, 2.75) is 0 Å². The number of benzene rings is 7. The first-order valence-electron chi connectivity index (χ1n) is 16.9. The zero-order chi connectivity index (χ0) is 33.5. The molecule has 0 aliphatic heterocycles. The molecule has 0 aliphatic carbocycles. The lowest BCUT2D eigenvalue weighted by atomic mass is 9.98. The summed E-state index contributed by atoms with van der Waals surface area (Å²) < 4.78 is 18.7. The summed E-state index contributed by atoms with van der Waals surface area (Å²) in [4.78, 5) is 15.5. The van der Waals surface area contributed by atoms with E-state index in [1.807, 2.05) is 91.0 Å². The number of hydrogen-bond acceptors (Lipinski definition) is 6. The van der Waals surface area contributed by atoms with Gasteiger partial charge in [0.25, 0.3) is 0 Å². The summed E-state index contributed by atoms with van der Waals surface area (Å²) in [5, 5.41) is 6.17. The van der Waals surface area contributed by atoms with Crippen molar-refractivity contribution in [3.63, 3.8) is 0 Å². The van der Waals surface area contributed by atoms with E-state index in [1.54, 1.807) is 0 Å². The fourth-order valence-electron chi connectivity index (χ4n) is 7.48. The smallest absolute Gasteiger partial charge is 0.164 e. The molecule has 0 saturated carbocycles. The summed E-state index contributed by atoms with van der Waals surface area (Å²) in [5.74, 6) is 1.70. The molecule has 0 bridgehead atoms. The number of rotatable bonds is 4. The van der Waals surface area contributed by atoms with Crippen LogP contribution in [0.25, 0.3) is 111 Å². The molecule has 0 fully saturated rings. The number of para-hydroxylation sites is 3. The predicted molar refractivity (Wildman–Crippen MR) is 203 cm³/mol.